The first-order valence-electron chi connectivity index (χ1n) is 13.9. The van der Waals surface area contributed by atoms with Gasteiger partial charge >= 0.3 is 0 Å². The molecule has 10 heteroatoms. The molecule has 2 amide bonds. The molecule has 1 saturated carbocycles. The highest BCUT2D eigenvalue weighted by atomic mass is 19.1. The summed E-state index contributed by atoms with van der Waals surface area (Å²) in [5.74, 6) is 0.618. The van der Waals surface area contributed by atoms with Crippen molar-refractivity contribution in [1.29, 1.82) is 0 Å². The van der Waals surface area contributed by atoms with Crippen LogP contribution in [0.5, 0.6) is 11.5 Å². The molecule has 3 aliphatic rings. The Morgan fingerprint density at radius 2 is 1.82 bits per heavy atom. The van der Waals surface area contributed by atoms with Gasteiger partial charge < -0.3 is 19.1 Å². The number of ether oxygens (including phenoxy) is 3. The van der Waals surface area contributed by atoms with Gasteiger partial charge in [-0.3, -0.25) is 14.5 Å². The van der Waals surface area contributed by atoms with Crippen molar-refractivity contribution in [2.24, 2.45) is 11.0 Å². The van der Waals surface area contributed by atoms with Gasteiger partial charge in [0.15, 0.2) is 0 Å². The highest BCUT2D eigenvalue weighted by Gasteiger charge is 2.37. The molecule has 0 radical (unpaired) electrons. The Bertz CT molecular complexity index is 1230. The van der Waals surface area contributed by atoms with Crippen LogP contribution in [-0.2, 0) is 14.3 Å². The molecule has 0 N–H and O–H groups in total. The van der Waals surface area contributed by atoms with E-state index in [0.717, 1.165) is 43.5 Å². The van der Waals surface area contributed by atoms with Gasteiger partial charge in [0.2, 0.25) is 5.91 Å². The summed E-state index contributed by atoms with van der Waals surface area (Å²) in [5, 5.41) is 6.23. The quantitative estimate of drug-likeness (QED) is 0.449. The number of rotatable bonds is 10. The van der Waals surface area contributed by atoms with Gasteiger partial charge in [-0.05, 0) is 42.7 Å². The average Bonchev–Trinajstić information content (AvgIpc) is 3.40. The van der Waals surface area contributed by atoms with Crippen LogP contribution in [0.4, 0.5) is 4.39 Å². The Balaban J connectivity index is 1.40. The monoisotopic (exact) mass is 552 g/mol. The van der Waals surface area contributed by atoms with Crippen molar-refractivity contribution in [1.82, 2.24) is 14.8 Å². The molecule has 1 saturated heterocycles. The molecule has 0 aromatic heterocycles. The lowest BCUT2D eigenvalue weighted by atomic mass is 9.84. The number of hydrazone groups is 1. The summed E-state index contributed by atoms with van der Waals surface area (Å²) in [6.45, 7) is 4.08. The molecule has 1 atom stereocenters. The second-order valence-corrected chi connectivity index (χ2v) is 10.5. The molecular weight excluding hydrogens is 515 g/mol. The number of carbonyl (C=O) groups excluding carboxylic acids is 2. The van der Waals surface area contributed by atoms with Crippen LogP contribution in [-0.4, -0.2) is 92.5 Å². The number of carbonyl (C=O) groups is 2. The first-order valence-corrected chi connectivity index (χ1v) is 13.9. The summed E-state index contributed by atoms with van der Waals surface area (Å²) >= 11 is 0. The Morgan fingerprint density at radius 1 is 1.07 bits per heavy atom. The Morgan fingerprint density at radius 3 is 2.48 bits per heavy atom. The molecule has 9 nitrogen and oxygen atoms in total. The first kappa shape index (κ1) is 28.0. The SMILES string of the molecule is COc1ccc(C2=NN(C(=O)CN(CCN3CCOCC3)C(=O)C3CCC3)[C@@H](c3ccc(F)cc3)C2)c(OC)c1. The summed E-state index contributed by atoms with van der Waals surface area (Å²) in [6, 6.07) is 11.2. The van der Waals surface area contributed by atoms with Crippen molar-refractivity contribution in [3.63, 3.8) is 0 Å². The van der Waals surface area contributed by atoms with Crippen LogP contribution in [0.25, 0.3) is 0 Å². The number of hydrogen-bond donors (Lipinski definition) is 0. The third-order valence-electron chi connectivity index (χ3n) is 8.02. The Kier molecular flexibility index (Phi) is 8.96. The number of nitrogens with zero attached hydrogens (tertiary/aromatic N) is 4. The predicted molar refractivity (Wildman–Crippen MR) is 148 cm³/mol. The molecule has 214 valence electrons. The van der Waals surface area contributed by atoms with Crippen molar-refractivity contribution >= 4 is 17.5 Å². The predicted octanol–water partition coefficient (Wildman–Crippen LogP) is 3.48. The van der Waals surface area contributed by atoms with Crippen LogP contribution in [0.2, 0.25) is 0 Å². The Hall–Kier alpha value is -3.50. The van der Waals surface area contributed by atoms with Gasteiger partial charge in [-0.2, -0.15) is 5.10 Å². The molecule has 2 aliphatic heterocycles. The first-order chi connectivity index (χ1) is 19.5. The van der Waals surface area contributed by atoms with E-state index < -0.39 is 6.04 Å². The van der Waals surface area contributed by atoms with Gasteiger partial charge in [0, 0.05) is 50.1 Å². The van der Waals surface area contributed by atoms with Crippen LogP contribution >= 0.6 is 0 Å². The van der Waals surface area contributed by atoms with E-state index in [1.807, 2.05) is 12.1 Å². The maximum absolute atomic E-state index is 13.9. The minimum absolute atomic E-state index is 0.0217. The number of morpholine rings is 1. The number of halogens is 1. The van der Waals surface area contributed by atoms with Crippen LogP contribution < -0.4 is 9.47 Å². The van der Waals surface area contributed by atoms with E-state index in [-0.39, 0.29) is 30.1 Å². The zero-order chi connectivity index (χ0) is 28.1. The summed E-state index contributed by atoms with van der Waals surface area (Å²) in [4.78, 5) is 31.2. The molecule has 40 heavy (non-hydrogen) atoms. The van der Waals surface area contributed by atoms with Crippen molar-refractivity contribution in [2.75, 3.05) is 60.2 Å². The second-order valence-electron chi connectivity index (χ2n) is 10.5. The van der Waals surface area contributed by atoms with Gasteiger partial charge in [0.05, 0.1) is 39.2 Å². The van der Waals surface area contributed by atoms with E-state index in [4.69, 9.17) is 19.3 Å². The lowest BCUT2D eigenvalue weighted by Gasteiger charge is -2.34. The molecule has 2 aromatic rings. The minimum Gasteiger partial charge on any atom is -0.497 e. The van der Waals surface area contributed by atoms with Crippen LogP contribution in [0, 0.1) is 11.7 Å². The van der Waals surface area contributed by atoms with Gasteiger partial charge in [-0.25, -0.2) is 9.40 Å². The van der Waals surface area contributed by atoms with E-state index in [0.29, 0.717) is 49.9 Å². The fraction of sp³-hybridized carbons (Fsp3) is 0.500. The number of hydrogen-bond acceptors (Lipinski definition) is 7. The van der Waals surface area contributed by atoms with Crippen LogP contribution in [0.15, 0.2) is 47.6 Å². The van der Waals surface area contributed by atoms with E-state index in [9.17, 15) is 14.0 Å². The molecule has 2 heterocycles. The average molecular weight is 553 g/mol. The van der Waals surface area contributed by atoms with Gasteiger partial charge in [0.25, 0.3) is 5.91 Å². The third-order valence-corrected chi connectivity index (χ3v) is 8.02. The maximum atomic E-state index is 13.9. The zero-order valence-corrected chi connectivity index (χ0v) is 23.2. The summed E-state index contributed by atoms with van der Waals surface area (Å²) in [7, 11) is 3.16. The van der Waals surface area contributed by atoms with Crippen molar-refractivity contribution in [3.8, 4) is 11.5 Å². The summed E-state index contributed by atoms with van der Waals surface area (Å²) in [5.41, 5.74) is 2.19. The largest absolute Gasteiger partial charge is 0.497 e. The van der Waals surface area contributed by atoms with Gasteiger partial charge in [-0.1, -0.05) is 18.6 Å². The summed E-state index contributed by atoms with van der Waals surface area (Å²) < 4.78 is 30.1. The number of benzene rings is 2. The van der Waals surface area contributed by atoms with Crippen molar-refractivity contribution in [3.05, 3.63) is 59.4 Å². The smallest absolute Gasteiger partial charge is 0.262 e. The highest BCUT2D eigenvalue weighted by Crippen LogP contribution is 2.36. The lowest BCUT2D eigenvalue weighted by molar-refractivity contribution is -0.145. The molecule has 2 aromatic carbocycles. The van der Waals surface area contributed by atoms with Crippen molar-refractivity contribution < 1.29 is 28.2 Å². The van der Waals surface area contributed by atoms with E-state index in [1.54, 1.807) is 37.3 Å². The molecule has 1 aliphatic carbocycles. The van der Waals surface area contributed by atoms with E-state index in [1.165, 1.54) is 17.1 Å². The van der Waals surface area contributed by atoms with Gasteiger partial charge in [-0.15, -0.1) is 0 Å². The fourth-order valence-electron chi connectivity index (χ4n) is 5.39. The third kappa shape index (κ3) is 6.28. The molecule has 0 bridgehead atoms. The van der Waals surface area contributed by atoms with Gasteiger partial charge in [0.1, 0.15) is 23.9 Å². The standard InChI is InChI=1S/C30H37FN4O5/c1-38-24-10-11-25(28(18-24)39-2)26-19-27(21-6-8-23(31)9-7-21)35(32-26)29(36)20-34(30(37)22-4-3-5-22)13-12-33-14-16-40-17-15-33/h6-11,18,22,27H,3-5,12-17,19-20H2,1-2H3/t27-/m1/s1. The van der Waals surface area contributed by atoms with Crippen molar-refractivity contribution in [2.45, 2.75) is 31.7 Å². The van der Waals surface area contributed by atoms with Crippen LogP contribution in [0.1, 0.15) is 42.9 Å². The van der Waals surface area contributed by atoms with Crippen LogP contribution in [0.3, 0.4) is 0 Å². The Labute approximate surface area is 234 Å². The molecule has 5 rings (SSSR count). The topological polar surface area (TPSA) is 83.9 Å². The molecule has 0 spiro atoms. The van der Waals surface area contributed by atoms with E-state index in [2.05, 4.69) is 4.90 Å². The van der Waals surface area contributed by atoms with E-state index >= 15 is 0 Å². The zero-order valence-electron chi connectivity index (χ0n) is 23.2. The fourth-order valence-corrected chi connectivity index (χ4v) is 5.39. The molecule has 2 fully saturated rings. The lowest BCUT2D eigenvalue weighted by Crippen LogP contribution is -2.49. The summed E-state index contributed by atoms with van der Waals surface area (Å²) in [6.07, 6.45) is 3.19. The number of methoxy groups -OCH3 is 2. The number of amides is 2. The second kappa shape index (κ2) is 12.8. The highest BCUT2D eigenvalue weighted by molar-refractivity contribution is 6.05. The molecule has 0 unspecified atom stereocenters. The normalized spacial score (nSPS) is 19.6. The molecular formula is C30H37FN4O5. The maximum Gasteiger partial charge on any atom is 0.262 e. The minimum atomic E-state index is -0.435.